The topological polar surface area (TPSA) is 66.4 Å². The molecule has 0 spiro atoms. The molecule has 5 heteroatoms. The van der Waals surface area contributed by atoms with Crippen LogP contribution in [-0.4, -0.2) is 21.2 Å². The van der Waals surface area contributed by atoms with Gasteiger partial charge in [-0.1, -0.05) is 6.08 Å². The predicted molar refractivity (Wildman–Crippen MR) is 43.9 cm³/mol. The fourth-order valence-corrected chi connectivity index (χ4v) is 0.897. The van der Waals surface area contributed by atoms with Gasteiger partial charge in [0, 0.05) is 6.42 Å². The zero-order valence-corrected chi connectivity index (χ0v) is 7.63. The molecular weight excluding hydrogens is 180 g/mol. The lowest BCUT2D eigenvalue weighted by atomic mass is 10.2. The average molecular weight is 191 g/mol. The Labute approximate surface area is 74.1 Å². The van der Waals surface area contributed by atoms with E-state index in [-0.39, 0.29) is 12.4 Å². The predicted octanol–water partition coefficient (Wildman–Crippen LogP) is 0.723. The van der Waals surface area contributed by atoms with Crippen LogP contribution in [0.4, 0.5) is 0 Å². The van der Waals surface area contributed by atoms with Gasteiger partial charge in [0.1, 0.15) is 0 Å². The second-order valence-electron chi connectivity index (χ2n) is 2.10. The highest BCUT2D eigenvalue weighted by molar-refractivity contribution is 7.74. The minimum atomic E-state index is -2.46. The highest BCUT2D eigenvalue weighted by atomic mass is 32.2. The Kier molecular flexibility index (Phi) is 6.84. The molecule has 70 valence electrons. The van der Waals surface area contributed by atoms with E-state index in [4.69, 9.17) is 0 Å². The maximum atomic E-state index is 10.8. The van der Waals surface area contributed by atoms with E-state index in [0.29, 0.717) is 12.8 Å². The SMILES string of the molecule is CC=CC(=O)CCCOS(=O)[O-]. The van der Waals surface area contributed by atoms with Crippen molar-refractivity contribution in [1.82, 2.24) is 0 Å². The number of hydrogen-bond donors (Lipinski definition) is 0. The summed E-state index contributed by atoms with van der Waals surface area (Å²) in [5.41, 5.74) is 0. The molecule has 0 aliphatic heterocycles. The van der Waals surface area contributed by atoms with Crippen LogP contribution in [0.3, 0.4) is 0 Å². The maximum Gasteiger partial charge on any atom is 0.155 e. The van der Waals surface area contributed by atoms with Gasteiger partial charge in [-0.25, -0.2) is 4.21 Å². The molecule has 0 aromatic heterocycles. The Bertz CT molecular complexity index is 188. The lowest BCUT2D eigenvalue weighted by molar-refractivity contribution is -0.114. The van der Waals surface area contributed by atoms with Crippen LogP contribution in [0.5, 0.6) is 0 Å². The van der Waals surface area contributed by atoms with E-state index in [0.717, 1.165) is 0 Å². The molecule has 1 unspecified atom stereocenters. The van der Waals surface area contributed by atoms with E-state index >= 15 is 0 Å². The maximum absolute atomic E-state index is 10.8. The van der Waals surface area contributed by atoms with E-state index in [9.17, 15) is 13.6 Å². The Hall–Kier alpha value is -0.520. The van der Waals surface area contributed by atoms with Gasteiger partial charge in [0.05, 0.1) is 18.0 Å². The number of rotatable bonds is 6. The van der Waals surface area contributed by atoms with Crippen LogP contribution >= 0.6 is 0 Å². The van der Waals surface area contributed by atoms with Gasteiger partial charge in [-0.15, -0.1) is 0 Å². The second kappa shape index (κ2) is 7.15. The van der Waals surface area contributed by atoms with Gasteiger partial charge in [0.2, 0.25) is 0 Å². The van der Waals surface area contributed by atoms with Crippen molar-refractivity contribution in [3.8, 4) is 0 Å². The Morgan fingerprint density at radius 3 is 2.83 bits per heavy atom. The molecule has 0 fully saturated rings. The molecule has 0 aliphatic carbocycles. The Morgan fingerprint density at radius 2 is 2.33 bits per heavy atom. The first kappa shape index (κ1) is 11.5. The highest BCUT2D eigenvalue weighted by Gasteiger charge is 1.95. The quantitative estimate of drug-likeness (QED) is 0.352. The van der Waals surface area contributed by atoms with Gasteiger partial charge in [-0.2, -0.15) is 0 Å². The normalized spacial score (nSPS) is 13.5. The summed E-state index contributed by atoms with van der Waals surface area (Å²) < 4.78 is 23.9. The largest absolute Gasteiger partial charge is 0.750 e. The molecule has 0 aromatic carbocycles. The number of carbonyl (C=O) groups is 1. The molecule has 0 aliphatic rings. The van der Waals surface area contributed by atoms with Crippen LogP contribution in [0.1, 0.15) is 19.8 Å². The lowest BCUT2D eigenvalue weighted by Gasteiger charge is -2.03. The summed E-state index contributed by atoms with van der Waals surface area (Å²) in [5.74, 6) is -0.0159. The zero-order valence-electron chi connectivity index (χ0n) is 6.82. The summed E-state index contributed by atoms with van der Waals surface area (Å²) in [6.07, 6.45) is 3.85. The van der Waals surface area contributed by atoms with Crippen molar-refractivity contribution >= 4 is 17.1 Å². The molecule has 4 nitrogen and oxygen atoms in total. The monoisotopic (exact) mass is 191 g/mol. The van der Waals surface area contributed by atoms with Crippen LogP contribution in [0.2, 0.25) is 0 Å². The van der Waals surface area contributed by atoms with Crippen molar-refractivity contribution in [3.05, 3.63) is 12.2 Å². The summed E-state index contributed by atoms with van der Waals surface area (Å²) in [5, 5.41) is 0. The first-order valence-electron chi connectivity index (χ1n) is 3.55. The van der Waals surface area contributed by atoms with Crippen molar-refractivity contribution < 1.29 is 17.7 Å². The summed E-state index contributed by atoms with van der Waals surface area (Å²) in [7, 11) is 0. The first-order valence-corrected chi connectivity index (χ1v) is 4.55. The molecule has 1 atom stereocenters. The third kappa shape index (κ3) is 7.59. The number of hydrogen-bond acceptors (Lipinski definition) is 4. The van der Waals surface area contributed by atoms with Crippen molar-refractivity contribution in [3.63, 3.8) is 0 Å². The van der Waals surface area contributed by atoms with Crippen LogP contribution < -0.4 is 0 Å². The Balaban J connectivity index is 3.31. The molecule has 0 N–H and O–H groups in total. The summed E-state index contributed by atoms with van der Waals surface area (Å²) in [4.78, 5) is 10.8. The molecule has 0 bridgehead atoms. The standard InChI is InChI=1S/C7H12O4S/c1-2-4-7(8)5-3-6-11-12(9)10/h2,4H,3,5-6H2,1H3,(H,9,10)/p-1. The molecule has 0 rings (SSSR count). The molecule has 12 heavy (non-hydrogen) atoms. The lowest BCUT2D eigenvalue weighted by Crippen LogP contribution is -2.00. The number of ketones is 1. The summed E-state index contributed by atoms with van der Waals surface area (Å²) in [6.45, 7) is 1.82. The van der Waals surface area contributed by atoms with E-state index in [1.807, 2.05) is 0 Å². The third-order valence-corrected chi connectivity index (χ3v) is 1.46. The smallest absolute Gasteiger partial charge is 0.155 e. The average Bonchev–Trinajstić information content (AvgIpc) is 1.98. The van der Waals surface area contributed by atoms with E-state index < -0.39 is 11.4 Å². The fraction of sp³-hybridized carbons (Fsp3) is 0.571. The van der Waals surface area contributed by atoms with Crippen LogP contribution in [0, 0.1) is 0 Å². The molecule has 0 saturated carbocycles. The minimum absolute atomic E-state index is 0.0159. The van der Waals surface area contributed by atoms with Crippen molar-refractivity contribution in [2.45, 2.75) is 19.8 Å². The molecule has 0 heterocycles. The molecule has 0 amide bonds. The van der Waals surface area contributed by atoms with E-state index in [1.54, 1.807) is 13.0 Å². The highest BCUT2D eigenvalue weighted by Crippen LogP contribution is 1.94. The minimum Gasteiger partial charge on any atom is -0.750 e. The number of carbonyl (C=O) groups excluding carboxylic acids is 1. The molecular formula is C7H11O4S-. The van der Waals surface area contributed by atoms with Crippen molar-refractivity contribution in [1.29, 1.82) is 0 Å². The van der Waals surface area contributed by atoms with Crippen LogP contribution in [0.25, 0.3) is 0 Å². The van der Waals surface area contributed by atoms with Gasteiger partial charge in [0.25, 0.3) is 0 Å². The van der Waals surface area contributed by atoms with Crippen LogP contribution in [-0.2, 0) is 20.3 Å². The van der Waals surface area contributed by atoms with E-state index in [1.165, 1.54) is 6.08 Å². The van der Waals surface area contributed by atoms with Gasteiger partial charge < -0.3 is 8.74 Å². The zero-order chi connectivity index (χ0) is 9.40. The molecule has 0 saturated heterocycles. The third-order valence-electron chi connectivity index (χ3n) is 1.10. The van der Waals surface area contributed by atoms with Crippen LogP contribution in [0.15, 0.2) is 12.2 Å². The number of allylic oxidation sites excluding steroid dienone is 2. The van der Waals surface area contributed by atoms with Gasteiger partial charge in [-0.05, 0) is 19.4 Å². The fourth-order valence-electron chi connectivity index (χ4n) is 0.643. The van der Waals surface area contributed by atoms with Gasteiger partial charge in [-0.3, -0.25) is 4.79 Å². The summed E-state index contributed by atoms with van der Waals surface area (Å²) >= 11 is -2.46. The van der Waals surface area contributed by atoms with E-state index in [2.05, 4.69) is 4.18 Å². The Morgan fingerprint density at radius 1 is 1.67 bits per heavy atom. The van der Waals surface area contributed by atoms with Crippen molar-refractivity contribution in [2.24, 2.45) is 0 Å². The van der Waals surface area contributed by atoms with Gasteiger partial charge >= 0.3 is 0 Å². The van der Waals surface area contributed by atoms with Crippen molar-refractivity contribution in [2.75, 3.05) is 6.61 Å². The first-order chi connectivity index (χ1) is 5.66. The summed E-state index contributed by atoms with van der Waals surface area (Å²) in [6, 6.07) is 0. The molecule has 0 aromatic rings. The second-order valence-corrected chi connectivity index (χ2v) is 2.74. The molecule has 0 radical (unpaired) electrons. The van der Waals surface area contributed by atoms with Gasteiger partial charge in [0.15, 0.2) is 5.78 Å².